The van der Waals surface area contributed by atoms with Crippen LogP contribution in [0.25, 0.3) is 21.9 Å². The van der Waals surface area contributed by atoms with E-state index in [0.717, 1.165) is 0 Å². The Morgan fingerprint density at radius 1 is 0.931 bits per heavy atom. The molecule has 1 unspecified atom stereocenters. The molecule has 3 aromatic rings. The SMILES string of the molecule is CC1=[C-]C(C)C(C)=C1C.C[Si](C)=[Zr+2].Cc1cccc2[cH-]cc(-c3ccccc3)c12. The van der Waals surface area contributed by atoms with Crippen LogP contribution in [-0.4, -0.2) is 5.43 Å². The van der Waals surface area contributed by atoms with Crippen molar-refractivity contribution in [1.29, 1.82) is 0 Å². The van der Waals surface area contributed by atoms with Crippen LogP contribution in [0.3, 0.4) is 0 Å². The molecule has 29 heavy (non-hydrogen) atoms. The maximum Gasteiger partial charge on any atom is -0.0487 e. The first-order valence-electron chi connectivity index (χ1n) is 10.2. The minimum Gasteiger partial charge on any atom is -0.149 e. The van der Waals surface area contributed by atoms with Gasteiger partial charge in [0.1, 0.15) is 0 Å². The molecule has 0 saturated carbocycles. The van der Waals surface area contributed by atoms with Gasteiger partial charge < -0.3 is 0 Å². The number of fused-ring (bicyclic) bond motifs is 1. The van der Waals surface area contributed by atoms with Crippen molar-refractivity contribution in [2.24, 2.45) is 5.92 Å². The molecule has 0 heterocycles. The predicted molar refractivity (Wildman–Crippen MR) is 127 cm³/mol. The van der Waals surface area contributed by atoms with E-state index in [0.29, 0.717) is 5.92 Å². The van der Waals surface area contributed by atoms with Crippen molar-refractivity contribution >= 4 is 16.2 Å². The molecule has 0 aliphatic heterocycles. The minimum atomic E-state index is 0.210. The van der Waals surface area contributed by atoms with E-state index in [9.17, 15) is 0 Å². The summed E-state index contributed by atoms with van der Waals surface area (Å²) >= 11 is 1.74. The van der Waals surface area contributed by atoms with Gasteiger partial charge in [0.2, 0.25) is 0 Å². The molecule has 0 amide bonds. The molecule has 148 valence electrons. The number of hydrogen-bond acceptors (Lipinski definition) is 0. The van der Waals surface area contributed by atoms with E-state index in [1.54, 1.807) is 23.3 Å². The van der Waals surface area contributed by atoms with E-state index < -0.39 is 0 Å². The summed E-state index contributed by atoms with van der Waals surface area (Å²) in [5.74, 6) is 0.560. The van der Waals surface area contributed by atoms with Crippen LogP contribution in [0.2, 0.25) is 13.1 Å². The van der Waals surface area contributed by atoms with Gasteiger partial charge in [-0.15, -0.1) is 47.5 Å². The van der Waals surface area contributed by atoms with Gasteiger partial charge in [-0.2, -0.15) is 11.1 Å². The largest absolute Gasteiger partial charge is 0.149 e. The molecular formula is C27H32SiZr. The van der Waals surface area contributed by atoms with Crippen LogP contribution in [0, 0.1) is 18.9 Å². The van der Waals surface area contributed by atoms with E-state index in [4.69, 9.17) is 0 Å². The zero-order valence-corrected chi connectivity index (χ0v) is 22.3. The number of hydrogen-bond donors (Lipinski definition) is 0. The summed E-state index contributed by atoms with van der Waals surface area (Å²) in [5.41, 5.74) is 8.44. The molecule has 1 aliphatic rings. The van der Waals surface area contributed by atoms with Gasteiger partial charge in [-0.05, 0) is 6.92 Å². The van der Waals surface area contributed by atoms with Gasteiger partial charge in [0, 0.05) is 0 Å². The second-order valence-corrected chi connectivity index (χ2v) is 17.3. The average molecular weight is 476 g/mol. The summed E-state index contributed by atoms with van der Waals surface area (Å²) in [4.78, 5) is 0. The van der Waals surface area contributed by atoms with Crippen molar-refractivity contribution in [1.82, 2.24) is 0 Å². The maximum absolute atomic E-state index is 3.36. The second-order valence-electron chi connectivity index (χ2n) is 7.95. The van der Waals surface area contributed by atoms with Crippen LogP contribution < -0.4 is 0 Å². The first kappa shape index (κ1) is 23.9. The van der Waals surface area contributed by atoms with Crippen molar-refractivity contribution in [3.8, 4) is 11.1 Å². The van der Waals surface area contributed by atoms with E-state index in [1.807, 2.05) is 0 Å². The number of aryl methyl sites for hydroxylation is 1. The van der Waals surface area contributed by atoms with E-state index >= 15 is 0 Å². The third-order valence-corrected chi connectivity index (χ3v) is 5.33. The van der Waals surface area contributed by atoms with Gasteiger partial charge in [0.15, 0.2) is 0 Å². The zero-order chi connectivity index (χ0) is 21.6. The van der Waals surface area contributed by atoms with Crippen LogP contribution in [-0.2, 0) is 23.3 Å². The summed E-state index contributed by atoms with van der Waals surface area (Å²) in [6.07, 6.45) is 3.36. The fraction of sp³-hybridized carbons (Fsp3) is 0.296. The molecule has 0 N–H and O–H groups in total. The Balaban J connectivity index is 0.000000195. The van der Waals surface area contributed by atoms with Crippen LogP contribution in [0.15, 0.2) is 77.4 Å². The van der Waals surface area contributed by atoms with Crippen LogP contribution in [0.5, 0.6) is 0 Å². The monoisotopic (exact) mass is 474 g/mol. The normalized spacial score (nSPS) is 15.3. The van der Waals surface area contributed by atoms with Crippen LogP contribution >= 0.6 is 0 Å². The Morgan fingerprint density at radius 3 is 2.03 bits per heavy atom. The number of rotatable bonds is 1. The van der Waals surface area contributed by atoms with Gasteiger partial charge in [-0.1, -0.05) is 74.2 Å². The standard InChI is InChI=1S/C16H13.C9H13.C2H6Si.Zr/c1-12-6-5-9-14-10-11-15(16(12)14)13-7-3-2-4-8-13;1-6-5-7(2)9(4)8(6)3;1-3-2;/h2-11H,1H3;6H,1-4H3;1-2H3;/q2*-1;;+2. The van der Waals surface area contributed by atoms with Gasteiger partial charge in [-0.25, -0.2) is 5.57 Å². The Labute approximate surface area is 192 Å². The van der Waals surface area contributed by atoms with Crippen LogP contribution in [0.4, 0.5) is 0 Å². The fourth-order valence-corrected chi connectivity index (χ4v) is 3.47. The summed E-state index contributed by atoms with van der Waals surface area (Å²) in [7, 11) is 0. The molecule has 0 fully saturated rings. The van der Waals surface area contributed by atoms with Crippen molar-refractivity contribution < 1.29 is 23.3 Å². The Kier molecular flexibility index (Phi) is 9.18. The topological polar surface area (TPSA) is 0 Å². The number of allylic oxidation sites excluding steroid dienone is 4. The zero-order valence-electron chi connectivity index (χ0n) is 18.9. The Morgan fingerprint density at radius 2 is 1.55 bits per heavy atom. The van der Waals surface area contributed by atoms with Gasteiger partial charge in [-0.3, -0.25) is 6.08 Å². The molecule has 0 nitrogen and oxygen atoms in total. The van der Waals surface area contributed by atoms with Gasteiger partial charge >= 0.3 is 41.9 Å². The maximum atomic E-state index is 3.36. The average Bonchev–Trinajstić information content (AvgIpc) is 3.21. The fourth-order valence-electron chi connectivity index (χ4n) is 3.47. The molecule has 1 aliphatic carbocycles. The molecule has 0 bridgehead atoms. The third kappa shape index (κ3) is 6.56. The van der Waals surface area contributed by atoms with E-state index in [2.05, 4.69) is 114 Å². The Bertz CT molecular complexity index is 1030. The molecule has 3 aromatic carbocycles. The number of benzene rings is 2. The van der Waals surface area contributed by atoms with Crippen LogP contribution in [0.1, 0.15) is 33.3 Å². The van der Waals surface area contributed by atoms with Gasteiger partial charge in [0.25, 0.3) is 0 Å². The molecule has 0 aromatic heterocycles. The molecular weight excluding hydrogens is 444 g/mol. The molecule has 0 radical (unpaired) electrons. The minimum absolute atomic E-state index is 0.210. The van der Waals surface area contributed by atoms with Crippen molar-refractivity contribution in [3.63, 3.8) is 0 Å². The predicted octanol–water partition coefficient (Wildman–Crippen LogP) is 8.04. The second kappa shape index (κ2) is 11.1. The smallest absolute Gasteiger partial charge is 0.0487 e. The first-order chi connectivity index (χ1) is 13.7. The summed E-state index contributed by atoms with van der Waals surface area (Å²) in [6, 6.07) is 21.5. The summed E-state index contributed by atoms with van der Waals surface area (Å²) < 4.78 is 0. The summed E-state index contributed by atoms with van der Waals surface area (Å²) in [5, 5.41) is 2.72. The van der Waals surface area contributed by atoms with E-state index in [-0.39, 0.29) is 5.43 Å². The van der Waals surface area contributed by atoms with Crippen molar-refractivity contribution in [3.05, 3.63) is 89.0 Å². The van der Waals surface area contributed by atoms with Crippen molar-refractivity contribution in [2.75, 3.05) is 0 Å². The third-order valence-electron chi connectivity index (χ3n) is 5.33. The summed E-state index contributed by atoms with van der Waals surface area (Å²) in [6.45, 7) is 15.5. The van der Waals surface area contributed by atoms with E-state index in [1.165, 1.54) is 44.2 Å². The molecule has 2 heteroatoms. The molecule has 0 saturated heterocycles. The molecule has 4 rings (SSSR count). The quantitative estimate of drug-likeness (QED) is 0.247. The first-order valence-corrected chi connectivity index (χ1v) is 16.4. The van der Waals surface area contributed by atoms with Gasteiger partial charge in [0.05, 0.1) is 0 Å². The molecule has 1 atom stereocenters. The molecule has 0 spiro atoms. The van der Waals surface area contributed by atoms with Crippen molar-refractivity contribution in [2.45, 2.75) is 47.7 Å². The Hall–Kier alpha value is -1.37.